The molecule has 2 aromatic rings. The summed E-state index contributed by atoms with van der Waals surface area (Å²) in [5, 5.41) is 2.89. The second-order valence-electron chi connectivity index (χ2n) is 13.3. The predicted molar refractivity (Wildman–Crippen MR) is 168 cm³/mol. The van der Waals surface area contributed by atoms with Crippen LogP contribution in [0.1, 0.15) is 59.3 Å². The van der Waals surface area contributed by atoms with E-state index in [2.05, 4.69) is 21.9 Å². The molecule has 2 aliphatic carbocycles. The van der Waals surface area contributed by atoms with E-state index in [1.54, 1.807) is 25.3 Å². The molecule has 244 valence electrons. The monoisotopic (exact) mass is 642 g/mol. The van der Waals surface area contributed by atoms with Crippen LogP contribution in [0, 0.1) is 23.2 Å². The maximum Gasteiger partial charge on any atom is 0.408 e. The molecule has 2 saturated carbocycles. The summed E-state index contributed by atoms with van der Waals surface area (Å²) < 4.78 is 22.6. The molecule has 6 unspecified atom stereocenters. The molecule has 12 heteroatoms. The topological polar surface area (TPSA) is 129 Å². The van der Waals surface area contributed by atoms with Crippen LogP contribution < -0.4 is 14.8 Å². The van der Waals surface area contributed by atoms with Crippen LogP contribution in [-0.4, -0.2) is 77.9 Å². The van der Waals surface area contributed by atoms with Crippen LogP contribution in [0.5, 0.6) is 11.6 Å². The molecule has 2 amide bonds. The second kappa shape index (κ2) is 13.4. The molecule has 2 heterocycles. The fourth-order valence-electron chi connectivity index (χ4n) is 6.27. The van der Waals surface area contributed by atoms with Crippen molar-refractivity contribution in [2.24, 2.45) is 23.2 Å². The molecular formula is C33H43ClN4O7. The van der Waals surface area contributed by atoms with Gasteiger partial charge in [0.15, 0.2) is 5.15 Å². The van der Waals surface area contributed by atoms with Crippen molar-refractivity contribution in [1.82, 2.24) is 20.2 Å². The van der Waals surface area contributed by atoms with Gasteiger partial charge < -0.3 is 29.2 Å². The van der Waals surface area contributed by atoms with Crippen LogP contribution in [0.4, 0.5) is 4.79 Å². The van der Waals surface area contributed by atoms with E-state index in [1.807, 2.05) is 26.8 Å². The number of allylic oxidation sites excluding steroid dienone is 1. The summed E-state index contributed by atoms with van der Waals surface area (Å²) in [5.74, 6) is -0.142. The number of likely N-dealkylation sites (tertiary alicyclic amines) is 1. The van der Waals surface area contributed by atoms with Crippen molar-refractivity contribution in [3.63, 3.8) is 0 Å². The van der Waals surface area contributed by atoms with Crippen molar-refractivity contribution in [3.8, 4) is 11.6 Å². The van der Waals surface area contributed by atoms with Gasteiger partial charge in [-0.05, 0) is 67.9 Å². The molecule has 3 aliphatic rings. The Kier molecular flexibility index (Phi) is 9.77. The highest BCUT2D eigenvalue weighted by atomic mass is 35.5. The lowest BCUT2D eigenvalue weighted by atomic mass is 9.85. The molecule has 0 spiro atoms. The molecule has 6 atom stereocenters. The summed E-state index contributed by atoms with van der Waals surface area (Å²) in [6, 6.07) is 3.37. The van der Waals surface area contributed by atoms with Crippen LogP contribution in [0.15, 0.2) is 30.9 Å². The molecule has 1 aromatic heterocycles. The third-order valence-electron chi connectivity index (χ3n) is 8.94. The van der Waals surface area contributed by atoms with E-state index in [0.717, 1.165) is 38.5 Å². The van der Waals surface area contributed by atoms with Gasteiger partial charge >= 0.3 is 12.1 Å². The SMILES string of the molecule is C=CCCCC1CC1OC(=O)NC(C(=O)N1CC(Oc2nc3cc(OC)ccc3nc2Cl)C(C2CC2)C1C(=O)OC)C(C)(C)C. The minimum absolute atomic E-state index is 0.0708. The highest BCUT2D eigenvalue weighted by molar-refractivity contribution is 6.31. The number of nitrogens with one attached hydrogen (secondary N) is 1. The third-order valence-corrected chi connectivity index (χ3v) is 9.18. The number of halogens is 1. The fraction of sp³-hybridized carbons (Fsp3) is 0.606. The standard InChI is InChI=1S/C33H43ClN4O7/c1-7-8-9-10-19-15-23(19)45-32(41)37-27(33(2,3)4)30(39)38-17-24(25(18-11-12-18)26(38)31(40)43-6)44-29-28(34)35-21-14-13-20(42-5)16-22(21)36-29/h7,13-14,16,18-19,23-27H,1,8-12,15,17H2,2-6H3,(H,37,41). The Balaban J connectivity index is 1.37. The van der Waals surface area contributed by atoms with Gasteiger partial charge in [0.25, 0.3) is 5.88 Å². The first-order valence-electron chi connectivity index (χ1n) is 15.6. The van der Waals surface area contributed by atoms with Crippen molar-refractivity contribution >= 4 is 40.6 Å². The number of amides is 2. The van der Waals surface area contributed by atoms with Gasteiger partial charge in [-0.1, -0.05) is 38.4 Å². The molecule has 0 bridgehead atoms. The van der Waals surface area contributed by atoms with E-state index in [-0.39, 0.29) is 35.5 Å². The average Bonchev–Trinajstić information content (AvgIpc) is 3.93. The first-order chi connectivity index (χ1) is 21.4. The summed E-state index contributed by atoms with van der Waals surface area (Å²) in [5.41, 5.74) is 0.410. The van der Waals surface area contributed by atoms with Crippen molar-refractivity contribution in [1.29, 1.82) is 0 Å². The number of nitrogens with zero attached hydrogens (tertiary/aromatic N) is 3. The van der Waals surface area contributed by atoms with Gasteiger partial charge in [-0.2, -0.15) is 0 Å². The van der Waals surface area contributed by atoms with Crippen molar-refractivity contribution in [2.75, 3.05) is 20.8 Å². The van der Waals surface area contributed by atoms with Gasteiger partial charge in [0, 0.05) is 12.0 Å². The lowest BCUT2D eigenvalue weighted by Gasteiger charge is -2.35. The number of unbranched alkanes of at least 4 members (excludes halogenated alkanes) is 1. The Morgan fingerprint density at radius 2 is 1.91 bits per heavy atom. The third kappa shape index (κ3) is 7.45. The summed E-state index contributed by atoms with van der Waals surface area (Å²) in [7, 11) is 2.87. The zero-order valence-electron chi connectivity index (χ0n) is 26.6. The Labute approximate surface area is 269 Å². The number of carbonyl (C=O) groups is 3. The Morgan fingerprint density at radius 1 is 1.16 bits per heavy atom. The molecule has 5 rings (SSSR count). The highest BCUT2D eigenvalue weighted by Crippen LogP contribution is 2.47. The minimum atomic E-state index is -0.967. The number of fused-ring (bicyclic) bond motifs is 1. The summed E-state index contributed by atoms with van der Waals surface area (Å²) >= 11 is 6.52. The number of ether oxygens (including phenoxy) is 4. The van der Waals surface area contributed by atoms with Crippen LogP contribution in [-0.2, 0) is 19.1 Å². The lowest BCUT2D eigenvalue weighted by Crippen LogP contribution is -2.57. The number of hydrogen-bond acceptors (Lipinski definition) is 9. The van der Waals surface area contributed by atoms with Gasteiger partial charge in [-0.25, -0.2) is 19.6 Å². The number of carbonyl (C=O) groups excluding carboxylic acids is 3. The predicted octanol–water partition coefficient (Wildman–Crippen LogP) is 5.33. The van der Waals surface area contributed by atoms with Gasteiger partial charge in [0.1, 0.15) is 30.0 Å². The largest absolute Gasteiger partial charge is 0.497 e. The normalized spacial score (nSPS) is 24.9. The summed E-state index contributed by atoms with van der Waals surface area (Å²) in [6.45, 7) is 9.41. The fourth-order valence-corrected chi connectivity index (χ4v) is 6.45. The maximum absolute atomic E-state index is 14.3. The molecule has 1 aliphatic heterocycles. The molecule has 45 heavy (non-hydrogen) atoms. The van der Waals surface area contributed by atoms with E-state index in [9.17, 15) is 14.4 Å². The number of aromatic nitrogens is 2. The molecular weight excluding hydrogens is 600 g/mol. The van der Waals surface area contributed by atoms with E-state index < -0.39 is 41.6 Å². The first kappa shape index (κ1) is 32.8. The zero-order valence-corrected chi connectivity index (χ0v) is 27.3. The zero-order chi connectivity index (χ0) is 32.5. The second-order valence-corrected chi connectivity index (χ2v) is 13.7. The van der Waals surface area contributed by atoms with Crippen LogP contribution in [0.2, 0.25) is 5.15 Å². The first-order valence-corrected chi connectivity index (χ1v) is 16.0. The minimum Gasteiger partial charge on any atom is -0.497 e. The van der Waals surface area contributed by atoms with E-state index in [0.29, 0.717) is 22.7 Å². The average molecular weight is 643 g/mol. The van der Waals surface area contributed by atoms with Gasteiger partial charge in [0.05, 0.1) is 31.8 Å². The van der Waals surface area contributed by atoms with Crippen LogP contribution in [0.3, 0.4) is 0 Å². The number of esters is 1. The van der Waals surface area contributed by atoms with E-state index in [4.69, 9.17) is 30.5 Å². The summed E-state index contributed by atoms with van der Waals surface area (Å²) in [6.07, 6.45) is 5.93. The lowest BCUT2D eigenvalue weighted by molar-refractivity contribution is -0.154. The number of methoxy groups -OCH3 is 2. The number of hydrogen-bond donors (Lipinski definition) is 1. The number of alkyl carbamates (subject to hydrolysis) is 1. The molecule has 1 aromatic carbocycles. The van der Waals surface area contributed by atoms with Gasteiger partial charge in [0.2, 0.25) is 5.91 Å². The van der Waals surface area contributed by atoms with Crippen molar-refractivity contribution in [2.45, 2.75) is 83.6 Å². The van der Waals surface area contributed by atoms with Gasteiger partial charge in [-0.3, -0.25) is 4.79 Å². The molecule has 1 saturated heterocycles. The van der Waals surface area contributed by atoms with E-state index >= 15 is 0 Å². The quantitative estimate of drug-likeness (QED) is 0.185. The molecule has 11 nitrogen and oxygen atoms in total. The van der Waals surface area contributed by atoms with Gasteiger partial charge in [-0.15, -0.1) is 6.58 Å². The molecule has 0 radical (unpaired) electrons. The number of benzene rings is 1. The molecule has 1 N–H and O–H groups in total. The van der Waals surface area contributed by atoms with E-state index in [1.165, 1.54) is 12.0 Å². The Hall–Kier alpha value is -3.60. The van der Waals surface area contributed by atoms with Crippen molar-refractivity contribution < 1.29 is 33.3 Å². The molecule has 3 fully saturated rings. The van der Waals surface area contributed by atoms with Crippen LogP contribution >= 0.6 is 11.6 Å². The Bertz CT molecular complexity index is 1440. The number of rotatable bonds is 12. The van der Waals surface area contributed by atoms with Crippen LogP contribution in [0.25, 0.3) is 11.0 Å². The Morgan fingerprint density at radius 3 is 2.56 bits per heavy atom. The maximum atomic E-state index is 14.3. The highest BCUT2D eigenvalue weighted by Gasteiger charge is 2.57. The summed E-state index contributed by atoms with van der Waals surface area (Å²) in [4.78, 5) is 51.2. The van der Waals surface area contributed by atoms with Crippen molar-refractivity contribution in [3.05, 3.63) is 36.0 Å². The smallest absolute Gasteiger partial charge is 0.408 e.